The van der Waals surface area contributed by atoms with Gasteiger partial charge >= 0.3 is 0 Å². The van der Waals surface area contributed by atoms with Gasteiger partial charge in [0.15, 0.2) is 5.78 Å². The standard InChI is InChI=1S/C11H16O3/c1-11(2,3)10(13)6-9-5-4-8(12)7-14-9/h4-5,9H,6-7H2,1-3H3. The van der Waals surface area contributed by atoms with Gasteiger partial charge in [-0.25, -0.2) is 0 Å². The Morgan fingerprint density at radius 2 is 2.21 bits per heavy atom. The Bertz CT molecular complexity index is 271. The zero-order valence-corrected chi connectivity index (χ0v) is 8.87. The number of ketones is 2. The van der Waals surface area contributed by atoms with Crippen molar-refractivity contribution < 1.29 is 14.3 Å². The highest BCUT2D eigenvalue weighted by molar-refractivity contribution is 5.92. The van der Waals surface area contributed by atoms with Crippen LogP contribution in [0.5, 0.6) is 0 Å². The minimum atomic E-state index is -0.335. The Morgan fingerprint density at radius 3 is 2.64 bits per heavy atom. The Hall–Kier alpha value is -0.960. The summed E-state index contributed by atoms with van der Waals surface area (Å²) in [6.45, 7) is 5.74. The third kappa shape index (κ3) is 3.07. The predicted octanol–water partition coefficient (Wildman–Crippen LogP) is 1.52. The molecule has 1 heterocycles. The zero-order chi connectivity index (χ0) is 10.8. The van der Waals surface area contributed by atoms with E-state index in [1.54, 1.807) is 6.08 Å². The highest BCUT2D eigenvalue weighted by Crippen LogP contribution is 2.19. The van der Waals surface area contributed by atoms with Crippen molar-refractivity contribution in [2.24, 2.45) is 5.41 Å². The summed E-state index contributed by atoms with van der Waals surface area (Å²) in [7, 11) is 0. The predicted molar refractivity (Wildman–Crippen MR) is 53.0 cm³/mol. The van der Waals surface area contributed by atoms with E-state index in [0.29, 0.717) is 6.42 Å². The molecule has 0 saturated heterocycles. The molecule has 1 aliphatic rings. The summed E-state index contributed by atoms with van der Waals surface area (Å²) in [6, 6.07) is 0. The molecule has 1 atom stereocenters. The molecule has 0 amide bonds. The van der Waals surface area contributed by atoms with Crippen LogP contribution in [0.1, 0.15) is 27.2 Å². The highest BCUT2D eigenvalue weighted by Gasteiger charge is 2.25. The van der Waals surface area contributed by atoms with Gasteiger partial charge in [-0.3, -0.25) is 9.59 Å². The van der Waals surface area contributed by atoms with Gasteiger partial charge in [0.2, 0.25) is 0 Å². The molecule has 1 rings (SSSR count). The van der Waals surface area contributed by atoms with Crippen LogP contribution >= 0.6 is 0 Å². The Kier molecular flexibility index (Phi) is 3.21. The van der Waals surface area contributed by atoms with Crippen molar-refractivity contribution in [1.29, 1.82) is 0 Å². The zero-order valence-electron chi connectivity index (χ0n) is 8.87. The van der Waals surface area contributed by atoms with E-state index >= 15 is 0 Å². The van der Waals surface area contributed by atoms with Crippen molar-refractivity contribution in [3.8, 4) is 0 Å². The van der Waals surface area contributed by atoms with Gasteiger partial charge in [-0.15, -0.1) is 0 Å². The molecule has 3 nitrogen and oxygen atoms in total. The quantitative estimate of drug-likeness (QED) is 0.672. The van der Waals surface area contributed by atoms with Gasteiger partial charge in [-0.1, -0.05) is 26.8 Å². The molecular weight excluding hydrogens is 180 g/mol. The minimum Gasteiger partial charge on any atom is -0.366 e. The third-order valence-corrected chi connectivity index (χ3v) is 2.16. The largest absolute Gasteiger partial charge is 0.366 e. The van der Waals surface area contributed by atoms with Gasteiger partial charge in [0.05, 0.1) is 6.10 Å². The van der Waals surface area contributed by atoms with E-state index in [1.807, 2.05) is 20.8 Å². The van der Waals surface area contributed by atoms with Gasteiger partial charge < -0.3 is 4.74 Å². The first kappa shape index (κ1) is 11.1. The Balaban J connectivity index is 2.50. The fourth-order valence-corrected chi connectivity index (χ4v) is 1.12. The van der Waals surface area contributed by atoms with Crippen molar-refractivity contribution in [3.63, 3.8) is 0 Å². The number of ether oxygens (including phenoxy) is 1. The molecule has 1 aliphatic heterocycles. The number of rotatable bonds is 2. The first-order valence-corrected chi connectivity index (χ1v) is 4.75. The topological polar surface area (TPSA) is 43.4 Å². The lowest BCUT2D eigenvalue weighted by Crippen LogP contribution is -2.28. The SMILES string of the molecule is CC(C)(C)C(=O)CC1C=CC(=O)CO1. The second-order valence-corrected chi connectivity index (χ2v) is 4.55. The molecule has 0 aliphatic carbocycles. The molecule has 0 aromatic carbocycles. The van der Waals surface area contributed by atoms with Crippen molar-refractivity contribution in [2.75, 3.05) is 6.61 Å². The van der Waals surface area contributed by atoms with Gasteiger partial charge in [0.1, 0.15) is 12.4 Å². The van der Waals surface area contributed by atoms with Crippen LogP contribution in [-0.4, -0.2) is 24.3 Å². The maximum atomic E-state index is 11.6. The van der Waals surface area contributed by atoms with Gasteiger partial charge in [-0.2, -0.15) is 0 Å². The van der Waals surface area contributed by atoms with Crippen LogP contribution < -0.4 is 0 Å². The second kappa shape index (κ2) is 4.05. The van der Waals surface area contributed by atoms with Gasteiger partial charge in [0.25, 0.3) is 0 Å². The van der Waals surface area contributed by atoms with Gasteiger partial charge in [-0.05, 0) is 6.08 Å². The van der Waals surface area contributed by atoms with E-state index in [9.17, 15) is 9.59 Å². The third-order valence-electron chi connectivity index (χ3n) is 2.16. The van der Waals surface area contributed by atoms with E-state index in [4.69, 9.17) is 4.74 Å². The maximum Gasteiger partial charge on any atom is 0.181 e. The van der Waals surface area contributed by atoms with E-state index in [-0.39, 0.29) is 29.7 Å². The molecule has 0 saturated carbocycles. The number of carbonyl (C=O) groups is 2. The molecule has 0 spiro atoms. The molecule has 0 radical (unpaired) electrons. The normalized spacial score (nSPS) is 22.5. The second-order valence-electron chi connectivity index (χ2n) is 4.55. The fraction of sp³-hybridized carbons (Fsp3) is 0.636. The number of carbonyl (C=O) groups excluding carboxylic acids is 2. The van der Waals surface area contributed by atoms with Crippen LogP contribution in [0.25, 0.3) is 0 Å². The molecule has 0 aromatic rings. The van der Waals surface area contributed by atoms with Crippen LogP contribution in [0.15, 0.2) is 12.2 Å². The van der Waals surface area contributed by atoms with E-state index in [1.165, 1.54) is 6.08 Å². The maximum absolute atomic E-state index is 11.6. The Labute approximate surface area is 84.1 Å². The average Bonchev–Trinajstić information content (AvgIpc) is 2.07. The molecular formula is C11H16O3. The number of hydrogen-bond donors (Lipinski definition) is 0. The lowest BCUT2D eigenvalue weighted by molar-refractivity contribution is -0.131. The van der Waals surface area contributed by atoms with Crippen molar-refractivity contribution in [1.82, 2.24) is 0 Å². The smallest absolute Gasteiger partial charge is 0.181 e. The molecule has 0 aromatic heterocycles. The summed E-state index contributed by atoms with van der Waals surface area (Å²) in [5, 5.41) is 0. The van der Waals surface area contributed by atoms with E-state index in [2.05, 4.69) is 0 Å². The fourth-order valence-electron chi connectivity index (χ4n) is 1.12. The summed E-state index contributed by atoms with van der Waals surface area (Å²) in [6.07, 6.45) is 3.28. The minimum absolute atomic E-state index is 0.0375. The van der Waals surface area contributed by atoms with Crippen molar-refractivity contribution in [2.45, 2.75) is 33.3 Å². The first-order chi connectivity index (χ1) is 6.39. The molecule has 1 unspecified atom stereocenters. The molecule has 0 fully saturated rings. The summed E-state index contributed by atoms with van der Waals surface area (Å²) in [4.78, 5) is 22.4. The monoisotopic (exact) mass is 196 g/mol. The molecule has 3 heteroatoms. The van der Waals surface area contributed by atoms with E-state index < -0.39 is 0 Å². The van der Waals surface area contributed by atoms with E-state index in [0.717, 1.165) is 0 Å². The molecule has 14 heavy (non-hydrogen) atoms. The molecule has 0 N–H and O–H groups in total. The van der Waals surface area contributed by atoms with Crippen molar-refractivity contribution >= 4 is 11.6 Å². The molecule has 0 bridgehead atoms. The van der Waals surface area contributed by atoms with Crippen LogP contribution in [-0.2, 0) is 14.3 Å². The van der Waals surface area contributed by atoms with Gasteiger partial charge in [0, 0.05) is 11.8 Å². The number of hydrogen-bond acceptors (Lipinski definition) is 3. The van der Waals surface area contributed by atoms with Crippen LogP contribution in [0.3, 0.4) is 0 Å². The Morgan fingerprint density at radius 1 is 1.57 bits per heavy atom. The van der Waals surface area contributed by atoms with Crippen molar-refractivity contribution in [3.05, 3.63) is 12.2 Å². The molecule has 78 valence electrons. The average molecular weight is 196 g/mol. The first-order valence-electron chi connectivity index (χ1n) is 4.75. The van der Waals surface area contributed by atoms with Crippen LogP contribution in [0, 0.1) is 5.41 Å². The lowest BCUT2D eigenvalue weighted by atomic mass is 9.87. The summed E-state index contributed by atoms with van der Waals surface area (Å²) >= 11 is 0. The summed E-state index contributed by atoms with van der Waals surface area (Å²) in [5.41, 5.74) is -0.335. The highest BCUT2D eigenvalue weighted by atomic mass is 16.5. The summed E-state index contributed by atoms with van der Waals surface area (Å²) in [5.74, 6) is 0.117. The van der Waals surface area contributed by atoms with Crippen LogP contribution in [0.2, 0.25) is 0 Å². The lowest BCUT2D eigenvalue weighted by Gasteiger charge is -2.21. The van der Waals surface area contributed by atoms with Crippen LogP contribution in [0.4, 0.5) is 0 Å². The number of Topliss-reactive ketones (excluding diaryl/α,β-unsaturated/α-hetero) is 1. The summed E-state index contributed by atoms with van der Waals surface area (Å²) < 4.78 is 5.20.